The number of aromatic nitrogens is 2. The highest BCUT2D eigenvalue weighted by Gasteiger charge is 2.26. The molecule has 2 aromatic heterocycles. The van der Waals surface area contributed by atoms with Crippen LogP contribution in [-0.4, -0.2) is 28.0 Å². The number of ketones is 1. The minimum Gasteiger partial charge on any atom is -0.451 e. The highest BCUT2D eigenvalue weighted by Crippen LogP contribution is 2.21. The molecule has 6 nitrogen and oxygen atoms in total. The average Bonchev–Trinajstić information content (AvgIpc) is 3.10. The van der Waals surface area contributed by atoms with Crippen LogP contribution in [0.1, 0.15) is 39.1 Å². The van der Waals surface area contributed by atoms with Gasteiger partial charge in [-0.25, -0.2) is 4.79 Å². The number of Topliss-reactive ketones (excluding diaryl/α,β-unsaturated/α-hetero) is 1. The summed E-state index contributed by atoms with van der Waals surface area (Å²) >= 11 is 0. The summed E-state index contributed by atoms with van der Waals surface area (Å²) in [5.74, 6) is -0.497. The van der Waals surface area contributed by atoms with E-state index in [0.717, 1.165) is 10.9 Å². The summed E-state index contributed by atoms with van der Waals surface area (Å²) in [5, 5.41) is 4.52. The number of carbonyl (C=O) groups excluding carboxylic acids is 2. The Morgan fingerprint density at radius 2 is 2.00 bits per heavy atom. The molecule has 23 heavy (non-hydrogen) atoms. The Kier molecular flexibility index (Phi) is 3.73. The van der Waals surface area contributed by atoms with Gasteiger partial charge in [-0.05, 0) is 26.8 Å². The van der Waals surface area contributed by atoms with Crippen LogP contribution in [0.5, 0.6) is 0 Å². The number of benzene rings is 1. The van der Waals surface area contributed by atoms with Crippen LogP contribution in [0.2, 0.25) is 0 Å². The number of para-hydroxylation sites is 1. The Bertz CT molecular complexity index is 872. The van der Waals surface area contributed by atoms with Crippen LogP contribution in [0.15, 0.2) is 35.0 Å². The van der Waals surface area contributed by atoms with Crippen molar-refractivity contribution in [3.63, 3.8) is 0 Å². The molecular weight excluding hydrogens is 296 g/mol. The highest BCUT2D eigenvalue weighted by atomic mass is 16.5. The topological polar surface area (TPSA) is 85.2 Å². The molecule has 1 aromatic carbocycles. The molecule has 0 unspecified atom stereocenters. The Morgan fingerprint density at radius 3 is 2.70 bits per heavy atom. The fourth-order valence-corrected chi connectivity index (χ4v) is 2.54. The van der Waals surface area contributed by atoms with Gasteiger partial charge in [0.25, 0.3) is 0 Å². The lowest BCUT2D eigenvalue weighted by molar-refractivity contribution is 0.0317. The number of nitrogens with one attached hydrogen (secondary N) is 1. The first-order valence-corrected chi connectivity index (χ1v) is 7.23. The van der Waals surface area contributed by atoms with Gasteiger partial charge in [-0.3, -0.25) is 4.79 Å². The van der Waals surface area contributed by atoms with E-state index in [-0.39, 0.29) is 11.3 Å². The van der Waals surface area contributed by atoms with Gasteiger partial charge in [-0.2, -0.15) is 0 Å². The van der Waals surface area contributed by atoms with Crippen molar-refractivity contribution < 1.29 is 18.8 Å². The molecule has 118 valence electrons. The molecule has 0 saturated heterocycles. The van der Waals surface area contributed by atoms with Crippen molar-refractivity contribution in [2.75, 3.05) is 0 Å². The van der Waals surface area contributed by atoms with Gasteiger partial charge in [-0.1, -0.05) is 23.4 Å². The first kappa shape index (κ1) is 15.0. The SMILES string of the molecule is Cc1noc(C)c1C(=O)O[C@H](C)C(=O)c1c[nH]c2ccccc12. The molecule has 3 aromatic rings. The van der Waals surface area contributed by atoms with Crippen molar-refractivity contribution in [1.82, 2.24) is 10.1 Å². The number of hydrogen-bond donors (Lipinski definition) is 1. The molecule has 1 atom stereocenters. The number of carbonyl (C=O) groups is 2. The zero-order chi connectivity index (χ0) is 16.6. The van der Waals surface area contributed by atoms with E-state index in [1.54, 1.807) is 27.0 Å². The van der Waals surface area contributed by atoms with Gasteiger partial charge in [-0.15, -0.1) is 0 Å². The third-order valence-electron chi connectivity index (χ3n) is 3.75. The quantitative estimate of drug-likeness (QED) is 0.590. The van der Waals surface area contributed by atoms with E-state index in [1.165, 1.54) is 0 Å². The second-order valence-corrected chi connectivity index (χ2v) is 5.36. The molecule has 6 heteroatoms. The second kappa shape index (κ2) is 5.72. The van der Waals surface area contributed by atoms with Gasteiger partial charge in [0.05, 0.1) is 5.69 Å². The number of esters is 1. The molecule has 0 fully saturated rings. The second-order valence-electron chi connectivity index (χ2n) is 5.36. The Balaban J connectivity index is 1.82. The van der Waals surface area contributed by atoms with Crippen molar-refractivity contribution in [2.24, 2.45) is 0 Å². The van der Waals surface area contributed by atoms with Crippen molar-refractivity contribution in [2.45, 2.75) is 26.9 Å². The Morgan fingerprint density at radius 1 is 1.26 bits per heavy atom. The molecule has 2 heterocycles. The van der Waals surface area contributed by atoms with Gasteiger partial charge in [0.15, 0.2) is 6.10 Å². The van der Waals surface area contributed by atoms with E-state index >= 15 is 0 Å². The number of hydrogen-bond acceptors (Lipinski definition) is 5. The minimum absolute atomic E-state index is 0.262. The average molecular weight is 312 g/mol. The fourth-order valence-electron chi connectivity index (χ4n) is 2.54. The molecular formula is C17H16N2O4. The van der Waals surface area contributed by atoms with Gasteiger partial charge >= 0.3 is 5.97 Å². The zero-order valence-electron chi connectivity index (χ0n) is 13.0. The Hall–Kier alpha value is -2.89. The molecule has 0 amide bonds. The van der Waals surface area contributed by atoms with Gasteiger partial charge in [0.1, 0.15) is 11.3 Å². The maximum absolute atomic E-state index is 12.6. The van der Waals surface area contributed by atoms with E-state index in [0.29, 0.717) is 17.0 Å². The predicted molar refractivity (Wildman–Crippen MR) is 83.5 cm³/mol. The summed E-state index contributed by atoms with van der Waals surface area (Å²) in [7, 11) is 0. The van der Waals surface area contributed by atoms with E-state index in [4.69, 9.17) is 9.26 Å². The normalized spacial score (nSPS) is 12.3. The zero-order valence-corrected chi connectivity index (χ0v) is 13.0. The number of H-pyrrole nitrogens is 1. The molecule has 3 rings (SSSR count). The first-order valence-electron chi connectivity index (χ1n) is 7.23. The predicted octanol–water partition coefficient (Wildman–Crippen LogP) is 3.20. The van der Waals surface area contributed by atoms with Crippen molar-refractivity contribution in [1.29, 1.82) is 0 Å². The lowest BCUT2D eigenvalue weighted by Crippen LogP contribution is -2.24. The third-order valence-corrected chi connectivity index (χ3v) is 3.75. The van der Waals surface area contributed by atoms with Crippen LogP contribution in [0.4, 0.5) is 0 Å². The monoisotopic (exact) mass is 312 g/mol. The number of aromatic amines is 1. The molecule has 0 saturated carbocycles. The standard InChI is InChI=1S/C17H16N2O4/c1-9-15(10(2)23-19-9)17(21)22-11(3)16(20)13-8-18-14-7-5-4-6-12(13)14/h4-8,11,18H,1-3H3/t11-/m1/s1. The summed E-state index contributed by atoms with van der Waals surface area (Å²) in [6.07, 6.45) is 0.725. The van der Waals surface area contributed by atoms with Crippen LogP contribution in [-0.2, 0) is 4.74 Å². The lowest BCUT2D eigenvalue weighted by atomic mass is 10.1. The van der Waals surface area contributed by atoms with Crippen molar-refractivity contribution in [3.05, 3.63) is 53.0 Å². The molecule has 0 aliphatic carbocycles. The van der Waals surface area contributed by atoms with Crippen LogP contribution in [0.25, 0.3) is 10.9 Å². The van der Waals surface area contributed by atoms with Gasteiger partial charge in [0, 0.05) is 22.7 Å². The summed E-state index contributed by atoms with van der Waals surface area (Å²) in [4.78, 5) is 27.8. The molecule has 1 N–H and O–H groups in total. The number of nitrogens with zero attached hydrogens (tertiary/aromatic N) is 1. The van der Waals surface area contributed by atoms with Crippen molar-refractivity contribution in [3.8, 4) is 0 Å². The number of aryl methyl sites for hydroxylation is 2. The summed E-state index contributed by atoms with van der Waals surface area (Å²) in [6, 6.07) is 7.47. The lowest BCUT2D eigenvalue weighted by Gasteiger charge is -2.11. The molecule has 0 bridgehead atoms. The molecule has 0 aliphatic heterocycles. The third kappa shape index (κ3) is 2.63. The fraction of sp³-hybridized carbons (Fsp3) is 0.235. The van der Waals surface area contributed by atoms with Gasteiger partial charge < -0.3 is 14.2 Å². The smallest absolute Gasteiger partial charge is 0.344 e. The van der Waals surface area contributed by atoms with E-state index in [1.807, 2.05) is 24.3 Å². The molecule has 0 spiro atoms. The number of fused-ring (bicyclic) bond motifs is 1. The largest absolute Gasteiger partial charge is 0.451 e. The summed E-state index contributed by atoms with van der Waals surface area (Å²) in [6.45, 7) is 4.84. The van der Waals surface area contributed by atoms with Crippen LogP contribution < -0.4 is 0 Å². The number of rotatable bonds is 4. The van der Waals surface area contributed by atoms with Crippen LogP contribution >= 0.6 is 0 Å². The van der Waals surface area contributed by atoms with E-state index in [2.05, 4.69) is 10.1 Å². The van der Waals surface area contributed by atoms with E-state index < -0.39 is 12.1 Å². The summed E-state index contributed by atoms with van der Waals surface area (Å²) < 4.78 is 10.2. The Labute approximate surface area is 132 Å². The number of ether oxygens (including phenoxy) is 1. The maximum Gasteiger partial charge on any atom is 0.344 e. The van der Waals surface area contributed by atoms with Crippen LogP contribution in [0.3, 0.4) is 0 Å². The maximum atomic E-state index is 12.6. The van der Waals surface area contributed by atoms with Crippen molar-refractivity contribution >= 4 is 22.7 Å². The first-order chi connectivity index (χ1) is 11.0. The minimum atomic E-state index is -0.907. The van der Waals surface area contributed by atoms with E-state index in [9.17, 15) is 9.59 Å². The van der Waals surface area contributed by atoms with Gasteiger partial charge in [0.2, 0.25) is 5.78 Å². The highest BCUT2D eigenvalue weighted by molar-refractivity contribution is 6.10. The summed E-state index contributed by atoms with van der Waals surface area (Å²) in [5.41, 5.74) is 2.07. The molecule has 0 aliphatic rings. The van der Waals surface area contributed by atoms with Crippen LogP contribution in [0, 0.1) is 13.8 Å². The molecule has 0 radical (unpaired) electrons.